The molecule has 19 heavy (non-hydrogen) atoms. The van der Waals surface area contributed by atoms with Crippen molar-refractivity contribution in [2.45, 2.75) is 33.8 Å². The van der Waals surface area contributed by atoms with Gasteiger partial charge in [0, 0.05) is 13.1 Å². The predicted molar refractivity (Wildman–Crippen MR) is 73.2 cm³/mol. The topological polar surface area (TPSA) is 78.6 Å². The third-order valence-corrected chi connectivity index (χ3v) is 2.15. The Hall–Kier alpha value is -1.76. The van der Waals surface area contributed by atoms with Crippen LogP contribution in [0.25, 0.3) is 0 Å². The highest BCUT2D eigenvalue weighted by molar-refractivity contribution is 5.36. The van der Waals surface area contributed by atoms with E-state index in [1.54, 1.807) is 0 Å². The van der Waals surface area contributed by atoms with Crippen molar-refractivity contribution in [1.29, 1.82) is 0 Å². The molecule has 2 rings (SSSR count). The fourth-order valence-electron chi connectivity index (χ4n) is 1.30. The van der Waals surface area contributed by atoms with Gasteiger partial charge < -0.3 is 10.0 Å². The fourth-order valence-corrected chi connectivity index (χ4v) is 1.30. The normalized spacial score (nSPS) is 13.3. The maximum absolute atomic E-state index is 11.0. The number of aliphatic hydroxyl groups excluding tert-OH is 1. The first kappa shape index (κ1) is 17.2. The second-order valence-corrected chi connectivity index (χ2v) is 3.24. The molecule has 1 aliphatic heterocycles. The predicted octanol–water partition coefficient (Wildman–Crippen LogP) is 1.68. The zero-order chi connectivity index (χ0) is 14.8. The van der Waals surface area contributed by atoms with Crippen LogP contribution in [0.3, 0.4) is 0 Å². The SMILES string of the molecule is CC.CC.CO[N+](=O)c1cnc(N2CC(O)C2)nc1. The van der Waals surface area contributed by atoms with Crippen molar-refractivity contribution in [3.63, 3.8) is 0 Å². The Balaban J connectivity index is 0.000000741. The maximum Gasteiger partial charge on any atom is 0.353 e. The summed E-state index contributed by atoms with van der Waals surface area (Å²) >= 11 is 0. The average Bonchev–Trinajstić information content (AvgIpc) is 2.47. The van der Waals surface area contributed by atoms with Gasteiger partial charge in [0.25, 0.3) is 4.92 Å². The summed E-state index contributed by atoms with van der Waals surface area (Å²) in [6.07, 6.45) is 2.45. The van der Waals surface area contributed by atoms with Gasteiger partial charge >= 0.3 is 5.69 Å². The van der Waals surface area contributed by atoms with E-state index in [9.17, 15) is 4.91 Å². The van der Waals surface area contributed by atoms with E-state index in [1.807, 2.05) is 32.6 Å². The third-order valence-electron chi connectivity index (χ3n) is 2.15. The Morgan fingerprint density at radius 3 is 2.11 bits per heavy atom. The number of hydrogen-bond donors (Lipinski definition) is 1. The molecule has 1 N–H and O–H groups in total. The summed E-state index contributed by atoms with van der Waals surface area (Å²) in [4.78, 5) is 25.5. The lowest BCUT2D eigenvalue weighted by atomic mass is 10.2. The third kappa shape index (κ3) is 4.78. The van der Waals surface area contributed by atoms with Gasteiger partial charge in [0.05, 0.1) is 11.0 Å². The van der Waals surface area contributed by atoms with Crippen LogP contribution in [0, 0.1) is 4.91 Å². The molecule has 0 bridgehead atoms. The Morgan fingerprint density at radius 1 is 1.26 bits per heavy atom. The molecule has 0 aromatic carbocycles. The van der Waals surface area contributed by atoms with Gasteiger partial charge in [-0.3, -0.25) is 0 Å². The minimum Gasteiger partial charge on any atom is -0.389 e. The molecular weight excluding hydrogens is 248 g/mol. The van der Waals surface area contributed by atoms with Crippen LogP contribution in [0.15, 0.2) is 12.4 Å². The number of rotatable bonds is 3. The van der Waals surface area contributed by atoms with E-state index in [4.69, 9.17) is 5.11 Å². The highest BCUT2D eigenvalue weighted by atomic mass is 16.8. The molecular formula is C12H23N4O3+. The largest absolute Gasteiger partial charge is 0.389 e. The highest BCUT2D eigenvalue weighted by Crippen LogP contribution is 2.17. The van der Waals surface area contributed by atoms with Crippen LogP contribution in [-0.4, -0.2) is 46.3 Å². The van der Waals surface area contributed by atoms with Gasteiger partial charge in [-0.1, -0.05) is 27.7 Å². The smallest absolute Gasteiger partial charge is 0.353 e. The number of hydrogen-bond acceptors (Lipinski definition) is 6. The van der Waals surface area contributed by atoms with Gasteiger partial charge in [0.15, 0.2) is 7.11 Å². The van der Waals surface area contributed by atoms with Crippen molar-refractivity contribution >= 4 is 11.6 Å². The molecule has 0 aliphatic carbocycles. The molecule has 1 aromatic heterocycles. The lowest BCUT2D eigenvalue weighted by Gasteiger charge is -2.35. The monoisotopic (exact) mass is 271 g/mol. The van der Waals surface area contributed by atoms with E-state index >= 15 is 0 Å². The molecule has 0 spiro atoms. The van der Waals surface area contributed by atoms with Crippen LogP contribution in [0.2, 0.25) is 0 Å². The van der Waals surface area contributed by atoms with E-state index in [1.165, 1.54) is 19.5 Å². The van der Waals surface area contributed by atoms with E-state index in [-0.39, 0.29) is 11.8 Å². The van der Waals surface area contributed by atoms with Crippen molar-refractivity contribution in [1.82, 2.24) is 9.97 Å². The number of aliphatic hydroxyl groups is 1. The quantitative estimate of drug-likeness (QED) is 0.843. The van der Waals surface area contributed by atoms with E-state index in [2.05, 4.69) is 14.8 Å². The van der Waals surface area contributed by atoms with Crippen molar-refractivity contribution in [2.24, 2.45) is 0 Å². The van der Waals surface area contributed by atoms with Gasteiger partial charge in [-0.25, -0.2) is 14.8 Å². The van der Waals surface area contributed by atoms with Crippen molar-refractivity contribution in [3.05, 3.63) is 17.3 Å². The molecule has 1 fully saturated rings. The van der Waals surface area contributed by atoms with Crippen LogP contribution in [-0.2, 0) is 4.84 Å². The summed E-state index contributed by atoms with van der Waals surface area (Å²) in [6.45, 7) is 9.06. The number of nitrogens with zero attached hydrogens (tertiary/aromatic N) is 4. The number of anilines is 1. The molecule has 1 aliphatic rings. The number of β-amino-alcohol motifs (C(OH)–C–C–N with tert-alkyl or cyclic N) is 1. The molecule has 1 saturated heterocycles. The van der Waals surface area contributed by atoms with Gasteiger partial charge in [0.1, 0.15) is 12.4 Å². The summed E-state index contributed by atoms with van der Waals surface area (Å²) in [5, 5.41) is 9.09. The second kappa shape index (κ2) is 9.21. The molecule has 108 valence electrons. The van der Waals surface area contributed by atoms with Crippen molar-refractivity contribution < 1.29 is 14.9 Å². The standard InChI is InChI=1S/C8H11N4O3.2C2H6/c1-15-12(14)6-2-9-8(10-3-6)11-4-7(13)5-11;2*1-2/h2-3,7,13H,4-5H2,1H3;2*1-2H3/q+1;;. The van der Waals surface area contributed by atoms with Gasteiger partial charge in [-0.2, -0.15) is 0 Å². The minimum absolute atomic E-state index is 0.238. The van der Waals surface area contributed by atoms with Gasteiger partial charge in [-0.05, 0) is 0 Å². The Bertz CT molecular complexity index is 364. The summed E-state index contributed by atoms with van der Waals surface area (Å²) in [5.41, 5.74) is 0.238. The Kier molecular flexibility index (Phi) is 8.35. The van der Waals surface area contributed by atoms with Crippen LogP contribution in [0.1, 0.15) is 27.7 Å². The first-order chi connectivity index (χ1) is 9.20. The molecule has 7 heteroatoms. The highest BCUT2D eigenvalue weighted by Gasteiger charge is 2.27. The molecule has 0 saturated carbocycles. The van der Waals surface area contributed by atoms with Crippen molar-refractivity contribution in [3.8, 4) is 0 Å². The molecule has 7 nitrogen and oxygen atoms in total. The molecule has 2 heterocycles. The van der Waals surface area contributed by atoms with Crippen LogP contribution in [0.5, 0.6) is 0 Å². The first-order valence-corrected chi connectivity index (χ1v) is 6.47. The second-order valence-electron chi connectivity index (χ2n) is 3.24. The average molecular weight is 271 g/mol. The van der Waals surface area contributed by atoms with Crippen LogP contribution < -0.4 is 4.90 Å². The lowest BCUT2D eigenvalue weighted by Crippen LogP contribution is -2.51. The van der Waals surface area contributed by atoms with Gasteiger partial charge in [-0.15, -0.1) is 0 Å². The summed E-state index contributed by atoms with van der Waals surface area (Å²) in [7, 11) is 1.27. The van der Waals surface area contributed by atoms with Crippen LogP contribution in [0.4, 0.5) is 11.6 Å². The zero-order valence-corrected chi connectivity index (χ0v) is 12.2. The fraction of sp³-hybridized carbons (Fsp3) is 0.667. The molecule has 0 amide bonds. The molecule has 0 atom stereocenters. The summed E-state index contributed by atoms with van der Waals surface area (Å²) in [5.74, 6) is 0.508. The lowest BCUT2D eigenvalue weighted by molar-refractivity contribution is -0.736. The summed E-state index contributed by atoms with van der Waals surface area (Å²) in [6, 6.07) is 0. The zero-order valence-electron chi connectivity index (χ0n) is 12.2. The molecule has 0 radical (unpaired) electrons. The first-order valence-electron chi connectivity index (χ1n) is 6.47. The van der Waals surface area contributed by atoms with E-state index in [0.29, 0.717) is 24.0 Å². The van der Waals surface area contributed by atoms with Crippen molar-refractivity contribution in [2.75, 3.05) is 25.1 Å². The Labute approximate surface area is 113 Å². The maximum atomic E-state index is 11.0. The minimum atomic E-state index is -0.303. The Morgan fingerprint density at radius 2 is 1.74 bits per heavy atom. The molecule has 1 aromatic rings. The van der Waals surface area contributed by atoms with E-state index in [0.717, 1.165) is 0 Å². The number of aromatic nitrogens is 2. The molecule has 0 unspecified atom stereocenters. The van der Waals surface area contributed by atoms with Crippen LogP contribution >= 0.6 is 0 Å². The van der Waals surface area contributed by atoms with Gasteiger partial charge in [0.2, 0.25) is 5.95 Å². The summed E-state index contributed by atoms with van der Waals surface area (Å²) < 4.78 is 0. The van der Waals surface area contributed by atoms with E-state index < -0.39 is 0 Å².